The van der Waals surface area contributed by atoms with Gasteiger partial charge in [-0.25, -0.2) is 4.31 Å². The van der Waals surface area contributed by atoms with Crippen molar-refractivity contribution >= 4 is 21.8 Å². The monoisotopic (exact) mass is 430 g/mol. The van der Waals surface area contributed by atoms with Crippen molar-refractivity contribution in [2.24, 2.45) is 11.4 Å². The van der Waals surface area contributed by atoms with Crippen molar-refractivity contribution < 1.29 is 13.5 Å². The highest BCUT2D eigenvalue weighted by molar-refractivity contribution is 7.91. The smallest absolute Gasteiger partial charge is 0.343 e. The van der Waals surface area contributed by atoms with Crippen LogP contribution in [0.15, 0.2) is 22.9 Å². The molecule has 1 heterocycles. The molecule has 0 spiro atoms. The van der Waals surface area contributed by atoms with Crippen LogP contribution in [0.2, 0.25) is 0 Å². The van der Waals surface area contributed by atoms with Crippen molar-refractivity contribution in [1.29, 1.82) is 0 Å². The van der Waals surface area contributed by atoms with Gasteiger partial charge in [-0.15, -0.1) is 0 Å². The number of likely N-dealkylation sites (N-methyl/N-ethyl adjacent to an activating group) is 1. The molecule has 0 fully saturated rings. The van der Waals surface area contributed by atoms with Gasteiger partial charge in [-0.1, -0.05) is 6.07 Å². The van der Waals surface area contributed by atoms with E-state index in [1.165, 1.54) is 33.1 Å². The lowest BCUT2D eigenvalue weighted by molar-refractivity contribution is -0.217. The van der Waals surface area contributed by atoms with Crippen LogP contribution < -0.4 is 14.7 Å². The first-order valence-corrected chi connectivity index (χ1v) is 11.9. The Morgan fingerprint density at radius 3 is 2.47 bits per heavy atom. The van der Waals surface area contributed by atoms with Gasteiger partial charge in [0.25, 0.3) is 0 Å². The highest BCUT2D eigenvalue weighted by Crippen LogP contribution is 2.35. The first kappa shape index (κ1) is 20.9. The molecular formula is C21H28N5O3S-. The Kier molecular flexibility index (Phi) is 5.84. The highest BCUT2D eigenvalue weighted by Gasteiger charge is 2.25. The average Bonchev–Trinajstić information content (AvgIpc) is 3.42. The Labute approximate surface area is 177 Å². The predicted octanol–water partition coefficient (Wildman–Crippen LogP) is 0.670. The zero-order valence-corrected chi connectivity index (χ0v) is 18.3. The van der Waals surface area contributed by atoms with Gasteiger partial charge < -0.3 is 10.4 Å². The molecule has 1 aromatic heterocycles. The second kappa shape index (κ2) is 8.39. The minimum Gasteiger partial charge on any atom is -0.861 e. The average molecular weight is 431 g/mol. The molecule has 8 nitrogen and oxygen atoms in total. The molecule has 0 saturated carbocycles. The quantitative estimate of drug-likeness (QED) is 0.490. The zero-order valence-electron chi connectivity index (χ0n) is 17.5. The molecule has 0 amide bonds. The first-order chi connectivity index (χ1) is 14.4. The lowest BCUT2D eigenvalue weighted by atomic mass is 9.92. The van der Waals surface area contributed by atoms with Gasteiger partial charge in [0.1, 0.15) is 0 Å². The number of nitrogens with one attached hydrogen (secondary N) is 1. The number of nitrogens with zero attached hydrogens (tertiary/aromatic N) is 4. The van der Waals surface area contributed by atoms with Crippen LogP contribution in [0.25, 0.3) is 0 Å². The summed E-state index contributed by atoms with van der Waals surface area (Å²) in [5.41, 5.74) is 6.57. The number of benzene rings is 1. The van der Waals surface area contributed by atoms with E-state index in [0.29, 0.717) is 12.2 Å². The van der Waals surface area contributed by atoms with Crippen molar-refractivity contribution in [3.05, 3.63) is 46.3 Å². The fourth-order valence-electron chi connectivity index (χ4n) is 4.64. The lowest BCUT2D eigenvalue weighted by Gasteiger charge is -2.22. The predicted molar refractivity (Wildman–Crippen MR) is 115 cm³/mol. The maximum Gasteiger partial charge on any atom is 0.343 e. The van der Waals surface area contributed by atoms with Crippen LogP contribution >= 0.6 is 0 Å². The van der Waals surface area contributed by atoms with E-state index in [1.54, 1.807) is 20.3 Å². The summed E-state index contributed by atoms with van der Waals surface area (Å²) >= 11 is 0. The van der Waals surface area contributed by atoms with E-state index < -0.39 is 16.1 Å². The van der Waals surface area contributed by atoms with Crippen LogP contribution in [0.3, 0.4) is 0 Å². The van der Waals surface area contributed by atoms with Crippen molar-refractivity contribution in [2.75, 3.05) is 24.4 Å². The Hall–Kier alpha value is -2.39. The molecule has 9 heteroatoms. The van der Waals surface area contributed by atoms with Crippen molar-refractivity contribution in [1.82, 2.24) is 15.1 Å². The van der Waals surface area contributed by atoms with Crippen LogP contribution in [0.4, 0.5) is 5.69 Å². The van der Waals surface area contributed by atoms with E-state index >= 15 is 0 Å². The van der Waals surface area contributed by atoms with Gasteiger partial charge in [0.15, 0.2) is 0 Å². The Morgan fingerprint density at radius 1 is 1.23 bits per heavy atom. The minimum absolute atomic E-state index is 0.0532. The summed E-state index contributed by atoms with van der Waals surface area (Å²) in [6.07, 6.45) is 9.30. The van der Waals surface area contributed by atoms with Gasteiger partial charge in [0, 0.05) is 32.8 Å². The summed E-state index contributed by atoms with van der Waals surface area (Å²) in [6.45, 7) is 0.592. The Balaban J connectivity index is 1.64. The van der Waals surface area contributed by atoms with Gasteiger partial charge in [0.05, 0.1) is 11.9 Å². The minimum atomic E-state index is -4.17. The fraction of sp³-hybridized carbons (Fsp3) is 0.524. The van der Waals surface area contributed by atoms with E-state index in [1.807, 2.05) is 0 Å². The van der Waals surface area contributed by atoms with E-state index in [-0.39, 0.29) is 13.0 Å². The third kappa shape index (κ3) is 4.09. The third-order valence-electron chi connectivity index (χ3n) is 5.97. The molecular weight excluding hydrogens is 402 g/mol. The molecule has 4 rings (SSSR count). The molecule has 30 heavy (non-hydrogen) atoms. The maximum absolute atomic E-state index is 13.0. The summed E-state index contributed by atoms with van der Waals surface area (Å²) in [7, 11) is -0.710. The molecule has 2 aliphatic rings. The van der Waals surface area contributed by atoms with Crippen LogP contribution in [0.5, 0.6) is 0 Å². The molecule has 162 valence electrons. The number of rotatable bonds is 8. The summed E-state index contributed by atoms with van der Waals surface area (Å²) in [6, 6.07) is 2.30. The van der Waals surface area contributed by atoms with Gasteiger partial charge in [-0.3, -0.25) is 4.68 Å². The van der Waals surface area contributed by atoms with Crippen molar-refractivity contribution in [3.8, 4) is 0 Å². The van der Waals surface area contributed by atoms with Crippen molar-refractivity contribution in [2.45, 2.75) is 44.9 Å². The second-order valence-electron chi connectivity index (χ2n) is 8.03. The Bertz CT molecular complexity index is 1040. The number of hydrogen-bond acceptors (Lipinski definition) is 5. The second-order valence-corrected chi connectivity index (χ2v) is 9.54. The molecule has 0 bridgehead atoms. The lowest BCUT2D eigenvalue weighted by Crippen LogP contribution is -2.36. The zero-order chi connectivity index (χ0) is 21.3. The largest absolute Gasteiger partial charge is 0.861 e. The topological polar surface area (TPSA) is 103 Å². The first-order valence-electron chi connectivity index (χ1n) is 10.5. The van der Waals surface area contributed by atoms with Gasteiger partial charge >= 0.3 is 10.2 Å². The number of anilines is 1. The van der Waals surface area contributed by atoms with E-state index in [4.69, 9.17) is 0 Å². The summed E-state index contributed by atoms with van der Waals surface area (Å²) < 4.78 is 32.3. The standard InChI is InChI=1S/C21H29N5O3S/c1-22-9-10-26(17-13-23-25(2)14-17)30(28,29)24-21(27)12-20-18-7-3-5-15(18)11-16-6-4-8-19(16)20/h11,13-14,22H,3-10,12H2,1-2H3,(H,24,27)/p-1. The van der Waals surface area contributed by atoms with Crippen molar-refractivity contribution in [3.63, 3.8) is 0 Å². The van der Waals surface area contributed by atoms with E-state index in [0.717, 1.165) is 48.4 Å². The third-order valence-corrected chi connectivity index (χ3v) is 7.35. The molecule has 1 aromatic carbocycles. The summed E-state index contributed by atoms with van der Waals surface area (Å²) in [5.74, 6) is -0.609. The normalized spacial score (nSPS) is 16.0. The van der Waals surface area contributed by atoms with Gasteiger partial charge in [0.2, 0.25) is 0 Å². The van der Waals surface area contributed by atoms with Crippen LogP contribution in [-0.4, -0.2) is 44.2 Å². The van der Waals surface area contributed by atoms with Crippen LogP contribution in [0, 0.1) is 0 Å². The van der Waals surface area contributed by atoms with Gasteiger partial charge in [-0.05, 0) is 79.3 Å². The number of aromatic nitrogens is 2. The summed E-state index contributed by atoms with van der Waals surface area (Å²) in [5, 5.41) is 19.8. The van der Waals surface area contributed by atoms with Crippen LogP contribution in [-0.2, 0) is 49.4 Å². The molecule has 2 aliphatic carbocycles. The van der Waals surface area contributed by atoms with E-state index in [9.17, 15) is 13.5 Å². The summed E-state index contributed by atoms with van der Waals surface area (Å²) in [4.78, 5) is 0. The number of fused-ring (bicyclic) bond motifs is 2. The molecule has 0 saturated heterocycles. The fourth-order valence-corrected chi connectivity index (χ4v) is 5.74. The number of hydrogen-bond donors (Lipinski definition) is 1. The SMILES string of the molecule is CNCCN(c1cnn(C)c1)S(=O)(=O)/N=C(\[O-])Cc1c2c(cc3c1CCC3)CCC2. The van der Waals surface area contributed by atoms with Gasteiger partial charge in [-0.2, -0.15) is 17.9 Å². The molecule has 2 aromatic rings. The maximum atomic E-state index is 13.0. The highest BCUT2D eigenvalue weighted by atomic mass is 32.2. The van der Waals surface area contributed by atoms with Crippen LogP contribution in [0.1, 0.15) is 40.7 Å². The molecule has 1 N–H and O–H groups in total. The number of aryl methyl sites for hydroxylation is 3. The molecule has 0 atom stereocenters. The van der Waals surface area contributed by atoms with E-state index in [2.05, 4.69) is 20.9 Å². The Morgan fingerprint density at radius 2 is 1.90 bits per heavy atom. The molecule has 0 radical (unpaired) electrons. The molecule has 0 unspecified atom stereocenters. The molecule has 0 aliphatic heterocycles.